The highest BCUT2D eigenvalue weighted by atomic mass is 16.4. The van der Waals surface area contributed by atoms with Crippen LogP contribution in [0.3, 0.4) is 0 Å². The number of benzene rings is 1. The molecule has 9 nitrogen and oxygen atoms in total. The van der Waals surface area contributed by atoms with Crippen molar-refractivity contribution < 1.29 is 29.4 Å². The molecule has 2 heterocycles. The first kappa shape index (κ1) is 23.3. The lowest BCUT2D eigenvalue weighted by Crippen LogP contribution is -2.37. The molecule has 0 unspecified atom stereocenters. The third-order valence-corrected chi connectivity index (χ3v) is 5.06. The van der Waals surface area contributed by atoms with Gasteiger partial charge in [0.15, 0.2) is 0 Å². The maximum Gasteiger partial charge on any atom is 0.414 e. The Morgan fingerprint density at radius 2 is 1.27 bits per heavy atom. The molecule has 2 amide bonds. The van der Waals surface area contributed by atoms with Crippen LogP contribution >= 0.6 is 0 Å². The number of aliphatic carboxylic acids is 2. The predicted octanol–water partition coefficient (Wildman–Crippen LogP) is 1.89. The van der Waals surface area contributed by atoms with Crippen molar-refractivity contribution in [2.45, 2.75) is 38.5 Å². The van der Waals surface area contributed by atoms with Gasteiger partial charge in [-0.05, 0) is 69.5 Å². The number of likely N-dealkylation sites (tertiary alicyclic amines) is 2. The summed E-state index contributed by atoms with van der Waals surface area (Å²) >= 11 is 0. The quantitative estimate of drug-likeness (QED) is 0.636. The number of carboxylic acids is 2. The summed E-state index contributed by atoms with van der Waals surface area (Å²) < 4.78 is 0. The van der Waals surface area contributed by atoms with Gasteiger partial charge in [-0.1, -0.05) is 6.42 Å². The molecular weight excluding hydrogens is 390 g/mol. The van der Waals surface area contributed by atoms with E-state index in [1.807, 2.05) is 29.2 Å². The largest absolute Gasteiger partial charge is 0.473 e. The number of piperidine rings is 2. The minimum atomic E-state index is -1.82. The molecule has 0 saturated carbocycles. The van der Waals surface area contributed by atoms with Gasteiger partial charge < -0.3 is 20.4 Å². The summed E-state index contributed by atoms with van der Waals surface area (Å²) in [7, 11) is 0. The van der Waals surface area contributed by atoms with E-state index in [9.17, 15) is 9.59 Å². The van der Waals surface area contributed by atoms with Crippen LogP contribution in [0.1, 0.15) is 48.9 Å². The molecule has 2 fully saturated rings. The second kappa shape index (κ2) is 11.9. The Balaban J connectivity index is 0.000000469. The summed E-state index contributed by atoms with van der Waals surface area (Å²) in [6.45, 7) is 4.18. The molecule has 164 valence electrons. The molecule has 3 N–H and O–H groups in total. The lowest BCUT2D eigenvalue weighted by Gasteiger charge is -2.27. The molecule has 2 aliphatic heterocycles. The zero-order valence-electron chi connectivity index (χ0n) is 17.0. The number of anilines is 1. The van der Waals surface area contributed by atoms with Crippen molar-refractivity contribution in [1.82, 2.24) is 9.80 Å². The fraction of sp³-hybridized carbons (Fsp3) is 0.524. The molecular formula is C21H29N3O6. The summed E-state index contributed by atoms with van der Waals surface area (Å²) in [5.74, 6) is -3.53. The van der Waals surface area contributed by atoms with E-state index in [0.29, 0.717) is 12.1 Å². The summed E-state index contributed by atoms with van der Waals surface area (Å²) in [4.78, 5) is 46.9. The first-order valence-electron chi connectivity index (χ1n) is 10.2. The van der Waals surface area contributed by atoms with E-state index in [1.54, 1.807) is 0 Å². The van der Waals surface area contributed by atoms with Crippen LogP contribution in [0.4, 0.5) is 5.69 Å². The van der Waals surface area contributed by atoms with Gasteiger partial charge in [-0.2, -0.15) is 0 Å². The molecule has 2 saturated heterocycles. The minimum Gasteiger partial charge on any atom is -0.473 e. The average Bonchev–Trinajstić information content (AvgIpc) is 2.75. The average molecular weight is 419 g/mol. The number of carboxylic acid groups (broad SMARTS) is 2. The van der Waals surface area contributed by atoms with Gasteiger partial charge in [-0.25, -0.2) is 9.59 Å². The molecule has 0 spiro atoms. The molecule has 30 heavy (non-hydrogen) atoms. The summed E-state index contributed by atoms with van der Waals surface area (Å²) in [6.07, 6.45) is 7.03. The van der Waals surface area contributed by atoms with Crippen LogP contribution in [0, 0.1) is 0 Å². The molecule has 1 aromatic rings. The number of hydrogen-bond donors (Lipinski definition) is 3. The Bertz CT molecular complexity index is 726. The number of carbonyl (C=O) groups excluding carboxylic acids is 2. The van der Waals surface area contributed by atoms with Crippen LogP contribution in [0.2, 0.25) is 0 Å². The summed E-state index contributed by atoms with van der Waals surface area (Å²) in [5.41, 5.74) is 1.46. The van der Waals surface area contributed by atoms with Crippen LogP contribution in [-0.2, 0) is 14.4 Å². The van der Waals surface area contributed by atoms with Crippen LogP contribution in [0.25, 0.3) is 0 Å². The van der Waals surface area contributed by atoms with Gasteiger partial charge in [-0.15, -0.1) is 0 Å². The van der Waals surface area contributed by atoms with E-state index in [4.69, 9.17) is 19.8 Å². The molecule has 1 aromatic carbocycles. The topological polar surface area (TPSA) is 127 Å². The Morgan fingerprint density at radius 1 is 0.767 bits per heavy atom. The van der Waals surface area contributed by atoms with Crippen molar-refractivity contribution in [3.8, 4) is 0 Å². The van der Waals surface area contributed by atoms with Crippen LogP contribution in [0.15, 0.2) is 24.3 Å². The van der Waals surface area contributed by atoms with E-state index in [1.165, 1.54) is 25.7 Å². The molecule has 0 radical (unpaired) electrons. The molecule has 0 atom stereocenters. The van der Waals surface area contributed by atoms with E-state index in [2.05, 4.69) is 10.2 Å². The zero-order valence-corrected chi connectivity index (χ0v) is 17.0. The van der Waals surface area contributed by atoms with Gasteiger partial charge in [-0.3, -0.25) is 14.5 Å². The number of nitrogens with zero attached hydrogens (tertiary/aromatic N) is 2. The highest BCUT2D eigenvalue weighted by Gasteiger charge is 2.18. The number of rotatable bonds is 4. The Labute approximate surface area is 175 Å². The lowest BCUT2D eigenvalue weighted by atomic mass is 10.1. The Hall–Kier alpha value is -2.94. The maximum atomic E-state index is 12.4. The smallest absolute Gasteiger partial charge is 0.414 e. The molecule has 0 aromatic heterocycles. The second-order valence-electron chi connectivity index (χ2n) is 7.43. The van der Waals surface area contributed by atoms with Crippen LogP contribution in [-0.4, -0.2) is 76.5 Å². The molecule has 2 aliphatic rings. The lowest BCUT2D eigenvalue weighted by molar-refractivity contribution is -0.159. The van der Waals surface area contributed by atoms with E-state index in [-0.39, 0.29) is 11.8 Å². The zero-order chi connectivity index (χ0) is 21.9. The van der Waals surface area contributed by atoms with Crippen LogP contribution < -0.4 is 5.32 Å². The summed E-state index contributed by atoms with van der Waals surface area (Å²) in [5, 5.41) is 17.7. The van der Waals surface area contributed by atoms with E-state index in [0.717, 1.165) is 44.7 Å². The van der Waals surface area contributed by atoms with Crippen molar-refractivity contribution in [2.75, 3.05) is 38.0 Å². The van der Waals surface area contributed by atoms with Gasteiger partial charge in [0.25, 0.3) is 5.91 Å². The molecule has 0 bridgehead atoms. The van der Waals surface area contributed by atoms with Gasteiger partial charge >= 0.3 is 11.9 Å². The van der Waals surface area contributed by atoms with Gasteiger partial charge in [0.2, 0.25) is 5.91 Å². The van der Waals surface area contributed by atoms with Crippen molar-refractivity contribution in [3.63, 3.8) is 0 Å². The SMILES string of the molecule is O=C(CN1CCCCC1)Nc1ccc(C(=O)N2CCCCC2)cc1.O=C(O)C(=O)O. The van der Waals surface area contributed by atoms with E-state index >= 15 is 0 Å². The van der Waals surface area contributed by atoms with Crippen molar-refractivity contribution in [3.05, 3.63) is 29.8 Å². The Kier molecular flexibility index (Phi) is 9.27. The number of hydrogen-bond acceptors (Lipinski definition) is 5. The number of amides is 2. The van der Waals surface area contributed by atoms with Crippen molar-refractivity contribution >= 4 is 29.4 Å². The van der Waals surface area contributed by atoms with E-state index < -0.39 is 11.9 Å². The maximum absolute atomic E-state index is 12.4. The molecule has 9 heteroatoms. The third-order valence-electron chi connectivity index (χ3n) is 5.06. The van der Waals surface area contributed by atoms with Crippen LogP contribution in [0.5, 0.6) is 0 Å². The third kappa shape index (κ3) is 7.82. The van der Waals surface area contributed by atoms with Crippen molar-refractivity contribution in [2.24, 2.45) is 0 Å². The first-order valence-corrected chi connectivity index (χ1v) is 10.2. The van der Waals surface area contributed by atoms with Gasteiger partial charge in [0.1, 0.15) is 0 Å². The fourth-order valence-corrected chi connectivity index (χ4v) is 3.50. The number of nitrogens with one attached hydrogen (secondary N) is 1. The monoisotopic (exact) mass is 419 g/mol. The molecule has 3 rings (SSSR count). The fourth-order valence-electron chi connectivity index (χ4n) is 3.50. The standard InChI is InChI=1S/C19H27N3O2.C2H2O4/c23-18(15-21-11-3-1-4-12-21)20-17-9-7-16(8-10-17)19(24)22-13-5-2-6-14-22;3-1(4)2(5)6/h7-10H,1-6,11-15H2,(H,20,23);(H,3,4)(H,5,6). The highest BCUT2D eigenvalue weighted by molar-refractivity contribution is 6.27. The number of carbonyl (C=O) groups is 4. The predicted molar refractivity (Wildman–Crippen MR) is 110 cm³/mol. The minimum absolute atomic E-state index is 0.0204. The van der Waals surface area contributed by atoms with Gasteiger partial charge in [0, 0.05) is 24.3 Å². The first-order chi connectivity index (χ1) is 14.4. The normalized spacial score (nSPS) is 16.7. The summed E-state index contributed by atoms with van der Waals surface area (Å²) in [6, 6.07) is 7.28. The second-order valence-corrected chi connectivity index (χ2v) is 7.43. The van der Waals surface area contributed by atoms with Gasteiger partial charge in [0.05, 0.1) is 6.54 Å². The molecule has 0 aliphatic carbocycles. The highest BCUT2D eigenvalue weighted by Crippen LogP contribution is 2.16. The Morgan fingerprint density at radius 3 is 1.77 bits per heavy atom. The van der Waals surface area contributed by atoms with Crippen molar-refractivity contribution in [1.29, 1.82) is 0 Å².